The standard InChI is InChI=1S/C74H48N3.Ir/c1-50-45-74(77-73-28-12-11-19-62(50)73)58-41-42-69(70(49-58)55-31-29-52(30-32-55)51-17-3-2-4-18-51)68-25-10-9-24-67(68)61-47-59(65-22-7-5-20-63(65)53-33-37-56(38-34-53)71-26-13-15-43-75-71)46-60(48-61)66-23-8-6-21-64(66)54-35-39-57(40-36-54)72-27-14-16-44-76-72;/h2-37,39,42-49H,1H3;/q-3;+3/i1D3;. The number of pyridine rings is 3. The summed E-state index contributed by atoms with van der Waals surface area (Å²) in [5, 5.41) is 0.610. The summed E-state index contributed by atoms with van der Waals surface area (Å²) in [7, 11) is 0. The minimum Gasteiger partial charge on any atom is -0.305 e. The molecule has 0 atom stereocenters. The topological polar surface area (TPSA) is 38.7 Å². The van der Waals surface area contributed by atoms with Gasteiger partial charge in [0.25, 0.3) is 0 Å². The van der Waals surface area contributed by atoms with Gasteiger partial charge in [0, 0.05) is 21.9 Å². The van der Waals surface area contributed by atoms with Crippen molar-refractivity contribution in [1.82, 2.24) is 15.0 Å². The van der Waals surface area contributed by atoms with Crippen LogP contribution in [-0.2, 0) is 20.1 Å². The van der Waals surface area contributed by atoms with Gasteiger partial charge in [-0.3, -0.25) is 4.98 Å². The Labute approximate surface area is 473 Å². The van der Waals surface area contributed by atoms with E-state index in [0.29, 0.717) is 22.2 Å². The Morgan fingerprint density at radius 3 is 1.28 bits per heavy atom. The molecule has 0 saturated carbocycles. The van der Waals surface area contributed by atoms with Crippen LogP contribution in [-0.4, -0.2) is 15.0 Å². The quantitative estimate of drug-likeness (QED) is 0.121. The SMILES string of the molecule is [2H]C([2H])([2H])c1cc(-c2[c-]cc(-c3ccccc3-c3cc(-c4ccccc4-c4c[c-]c(-c5ccccn5)cc4)cc(-c4ccccc4-c4c[c-]c(-c5ccccn5)cc4)c3)c(-c3ccc(-c4ccccc4)cc3)c2)nc2ccccc12.[Ir+3]. The third kappa shape index (κ3) is 9.95. The van der Waals surface area contributed by atoms with Gasteiger partial charge in [0.1, 0.15) is 0 Å². The van der Waals surface area contributed by atoms with Crippen molar-refractivity contribution in [2.24, 2.45) is 0 Å². The van der Waals surface area contributed by atoms with Crippen LogP contribution in [0.1, 0.15) is 9.68 Å². The smallest absolute Gasteiger partial charge is 0.305 e. The van der Waals surface area contributed by atoms with Crippen molar-refractivity contribution in [3.8, 4) is 123 Å². The second kappa shape index (κ2) is 22.0. The summed E-state index contributed by atoms with van der Waals surface area (Å²) >= 11 is 0. The number of hydrogen-bond acceptors (Lipinski definition) is 3. The zero-order valence-corrected chi connectivity index (χ0v) is 44.6. The van der Waals surface area contributed by atoms with E-state index >= 15 is 0 Å². The molecule has 3 heterocycles. The van der Waals surface area contributed by atoms with Gasteiger partial charge in [-0.2, -0.15) is 0 Å². The first kappa shape index (κ1) is 45.9. The van der Waals surface area contributed by atoms with E-state index in [1.807, 2.05) is 85.2 Å². The summed E-state index contributed by atoms with van der Waals surface area (Å²) in [5.41, 5.74) is 22.4. The van der Waals surface area contributed by atoms with Crippen molar-refractivity contribution < 1.29 is 24.2 Å². The minimum absolute atomic E-state index is 0. The summed E-state index contributed by atoms with van der Waals surface area (Å²) in [6.45, 7) is -2.35. The van der Waals surface area contributed by atoms with Crippen LogP contribution in [0.25, 0.3) is 134 Å². The van der Waals surface area contributed by atoms with Gasteiger partial charge in [0.2, 0.25) is 0 Å². The van der Waals surface area contributed by atoms with Gasteiger partial charge in [-0.15, -0.1) is 83.4 Å². The van der Waals surface area contributed by atoms with Crippen molar-refractivity contribution in [1.29, 1.82) is 0 Å². The normalized spacial score (nSPS) is 11.8. The van der Waals surface area contributed by atoms with Crippen LogP contribution in [0.2, 0.25) is 0 Å². The molecule has 4 heteroatoms. The first-order valence-electron chi connectivity index (χ1n) is 27.2. The molecule has 0 unspecified atom stereocenters. The van der Waals surface area contributed by atoms with Gasteiger partial charge in [-0.1, -0.05) is 215 Å². The van der Waals surface area contributed by atoms with Crippen LogP contribution >= 0.6 is 0 Å². The molecule has 3 nitrogen and oxygen atoms in total. The van der Waals surface area contributed by atoms with Crippen LogP contribution in [0.4, 0.5) is 0 Å². The second-order valence-corrected chi connectivity index (χ2v) is 19.0. The molecule has 13 aromatic rings. The average molecular weight is 1170 g/mol. The second-order valence-electron chi connectivity index (χ2n) is 19.0. The third-order valence-corrected chi connectivity index (χ3v) is 14.3. The zero-order valence-electron chi connectivity index (χ0n) is 45.2. The monoisotopic (exact) mass is 1170 g/mol. The molecule has 0 aliphatic carbocycles. The van der Waals surface area contributed by atoms with E-state index in [-0.39, 0.29) is 25.7 Å². The van der Waals surface area contributed by atoms with E-state index in [9.17, 15) is 0 Å². The van der Waals surface area contributed by atoms with Gasteiger partial charge in [-0.25, -0.2) is 0 Å². The van der Waals surface area contributed by atoms with Crippen LogP contribution < -0.4 is 0 Å². The maximum atomic E-state index is 8.55. The maximum Gasteiger partial charge on any atom is 3.00 e. The summed E-state index contributed by atoms with van der Waals surface area (Å²) < 4.78 is 25.6. The van der Waals surface area contributed by atoms with E-state index < -0.39 is 6.85 Å². The van der Waals surface area contributed by atoms with Crippen LogP contribution in [0.3, 0.4) is 0 Å². The van der Waals surface area contributed by atoms with Crippen molar-refractivity contribution in [2.45, 2.75) is 6.85 Å². The van der Waals surface area contributed by atoms with E-state index in [0.717, 1.165) is 112 Å². The number of aromatic nitrogens is 3. The van der Waals surface area contributed by atoms with Crippen molar-refractivity contribution >= 4 is 10.9 Å². The molecular weight excluding hydrogens is 1120 g/mol. The van der Waals surface area contributed by atoms with E-state index in [1.54, 1.807) is 6.07 Å². The van der Waals surface area contributed by atoms with Crippen LogP contribution in [0, 0.1) is 25.1 Å². The average Bonchev–Trinajstić information content (AvgIpc) is 3.54. The summed E-state index contributed by atoms with van der Waals surface area (Å²) in [4.78, 5) is 14.2. The van der Waals surface area contributed by atoms with Gasteiger partial charge in [0.05, 0.1) is 5.52 Å². The van der Waals surface area contributed by atoms with Crippen molar-refractivity contribution in [3.05, 3.63) is 297 Å². The molecule has 0 saturated heterocycles. The Hall–Kier alpha value is -9.44. The number of hydrogen-bond donors (Lipinski definition) is 0. The van der Waals surface area contributed by atoms with Crippen molar-refractivity contribution in [3.63, 3.8) is 0 Å². The predicted molar refractivity (Wildman–Crippen MR) is 318 cm³/mol. The molecule has 0 aliphatic heterocycles. The first-order valence-corrected chi connectivity index (χ1v) is 25.7. The summed E-state index contributed by atoms with van der Waals surface area (Å²) in [6, 6.07) is 100. The van der Waals surface area contributed by atoms with E-state index in [1.165, 1.54) is 0 Å². The number of aryl methyl sites for hydroxylation is 1. The molecule has 0 spiro atoms. The molecule has 3 aromatic heterocycles. The molecule has 0 amide bonds. The molecule has 0 radical (unpaired) electrons. The molecule has 0 fully saturated rings. The minimum atomic E-state index is -2.35. The van der Waals surface area contributed by atoms with Gasteiger partial charge in [-0.05, 0) is 116 Å². The predicted octanol–water partition coefficient (Wildman–Crippen LogP) is 19.1. The fourth-order valence-corrected chi connectivity index (χ4v) is 10.5. The molecular formula is C74H48IrN3. The maximum absolute atomic E-state index is 8.55. The largest absolute Gasteiger partial charge is 3.00 e. The first-order chi connectivity index (χ1) is 39.3. The molecule has 78 heavy (non-hydrogen) atoms. The van der Waals surface area contributed by atoms with Gasteiger partial charge in [0.15, 0.2) is 0 Å². The number of rotatable bonds is 11. The molecule has 0 aliphatic rings. The fourth-order valence-electron chi connectivity index (χ4n) is 10.5. The fraction of sp³-hybridized carbons (Fsp3) is 0.0135. The Bertz CT molecular complexity index is 4210. The number of nitrogens with zero attached hydrogens (tertiary/aromatic N) is 3. The Morgan fingerprint density at radius 2 is 0.756 bits per heavy atom. The summed E-state index contributed by atoms with van der Waals surface area (Å²) in [5.74, 6) is 0. The van der Waals surface area contributed by atoms with Gasteiger partial charge >= 0.3 is 20.1 Å². The van der Waals surface area contributed by atoms with Crippen LogP contribution in [0.5, 0.6) is 0 Å². The van der Waals surface area contributed by atoms with Crippen LogP contribution in [0.15, 0.2) is 273 Å². The Morgan fingerprint density at radius 1 is 0.308 bits per heavy atom. The van der Waals surface area contributed by atoms with Gasteiger partial charge < -0.3 is 9.97 Å². The molecule has 10 aromatic carbocycles. The Kier molecular flexibility index (Phi) is 13.0. The number of para-hydroxylation sites is 1. The molecule has 368 valence electrons. The Balaban J connectivity index is 0.00000651. The molecule has 0 bridgehead atoms. The molecule has 0 N–H and O–H groups in total. The van der Waals surface area contributed by atoms with Crippen molar-refractivity contribution in [2.75, 3.05) is 0 Å². The van der Waals surface area contributed by atoms with E-state index in [2.05, 4.69) is 210 Å². The number of benzene rings is 10. The summed E-state index contributed by atoms with van der Waals surface area (Å²) in [6.07, 6.45) is 3.62. The molecule has 13 rings (SSSR count). The van der Waals surface area contributed by atoms with E-state index in [4.69, 9.17) is 9.10 Å². The number of fused-ring (bicyclic) bond motifs is 1. The zero-order chi connectivity index (χ0) is 54.0. The third-order valence-electron chi connectivity index (χ3n) is 14.3.